The molecule has 5 heteroatoms. The zero-order valence-electron chi connectivity index (χ0n) is 15.8. The molecule has 0 spiro atoms. The Morgan fingerprint density at radius 3 is 2.70 bits per heavy atom. The van der Waals surface area contributed by atoms with Crippen molar-refractivity contribution in [1.82, 2.24) is 4.90 Å². The van der Waals surface area contributed by atoms with Crippen LogP contribution in [0.3, 0.4) is 0 Å². The maximum atomic E-state index is 12.3. The number of amides is 2. The summed E-state index contributed by atoms with van der Waals surface area (Å²) in [4.78, 5) is 26.1. The van der Waals surface area contributed by atoms with Gasteiger partial charge in [0.2, 0.25) is 11.8 Å². The van der Waals surface area contributed by atoms with Crippen LogP contribution in [0.25, 0.3) is 11.3 Å². The summed E-state index contributed by atoms with van der Waals surface area (Å²) in [7, 11) is 0. The fourth-order valence-electron chi connectivity index (χ4n) is 3.53. The highest BCUT2D eigenvalue weighted by Gasteiger charge is 2.35. The van der Waals surface area contributed by atoms with E-state index < -0.39 is 0 Å². The molecule has 1 aliphatic carbocycles. The number of unbranched alkanes of at least 4 members (excludes halogenated alkanes) is 1. The zero-order chi connectivity index (χ0) is 18.8. The quantitative estimate of drug-likeness (QED) is 0.826. The van der Waals surface area contributed by atoms with Gasteiger partial charge in [-0.3, -0.25) is 9.59 Å². The first-order valence-corrected chi connectivity index (χ1v) is 9.94. The van der Waals surface area contributed by atoms with Gasteiger partial charge in [-0.2, -0.15) is 0 Å². The largest absolute Gasteiger partial charge is 0.461 e. The summed E-state index contributed by atoms with van der Waals surface area (Å²) in [6.45, 7) is 3.48. The minimum Gasteiger partial charge on any atom is -0.461 e. The number of rotatable bonds is 6. The summed E-state index contributed by atoms with van der Waals surface area (Å²) in [5, 5.41) is 2.93. The Bertz CT molecular complexity index is 834. The van der Waals surface area contributed by atoms with Gasteiger partial charge in [0.05, 0.1) is 0 Å². The number of nitrogens with zero attached hydrogens (tertiary/aromatic N) is 1. The lowest BCUT2D eigenvalue weighted by Gasteiger charge is -2.26. The molecule has 1 aliphatic heterocycles. The number of anilines is 1. The van der Waals surface area contributed by atoms with Gasteiger partial charge in [0.1, 0.15) is 11.5 Å². The van der Waals surface area contributed by atoms with Gasteiger partial charge < -0.3 is 14.6 Å². The number of fused-ring (bicyclic) bond motifs is 1. The second kappa shape index (κ2) is 7.59. The first kappa shape index (κ1) is 17.8. The lowest BCUT2D eigenvalue weighted by atomic mass is 10.1. The van der Waals surface area contributed by atoms with E-state index in [1.807, 2.05) is 29.2 Å². The maximum Gasteiger partial charge on any atom is 0.225 e. The number of hydrogen-bond donors (Lipinski definition) is 1. The Morgan fingerprint density at radius 1 is 1.22 bits per heavy atom. The van der Waals surface area contributed by atoms with Crippen LogP contribution in [0.15, 0.2) is 34.7 Å². The molecule has 2 aliphatic rings. The van der Waals surface area contributed by atoms with Crippen LogP contribution in [0.1, 0.15) is 50.4 Å². The van der Waals surface area contributed by atoms with Crippen molar-refractivity contribution in [3.05, 3.63) is 41.7 Å². The van der Waals surface area contributed by atoms with E-state index in [1.165, 1.54) is 0 Å². The normalized spacial score (nSPS) is 16.1. The third-order valence-corrected chi connectivity index (χ3v) is 5.32. The average molecular weight is 366 g/mol. The average Bonchev–Trinajstić information content (AvgIpc) is 3.44. The standard InChI is InChI=1S/C22H26N2O3/c1-2-3-4-21(25)23-18-9-7-15(8-10-18)20-13-17-14-24(12-11-19(17)27-20)22(26)16-5-6-16/h7-10,13,16H,2-6,11-12,14H2,1H3,(H,23,25). The molecule has 0 saturated heterocycles. The zero-order valence-corrected chi connectivity index (χ0v) is 15.8. The van der Waals surface area contributed by atoms with Crippen molar-refractivity contribution < 1.29 is 14.0 Å². The van der Waals surface area contributed by atoms with E-state index >= 15 is 0 Å². The molecule has 0 bridgehead atoms. The SMILES string of the molecule is CCCCC(=O)Nc1ccc(-c2cc3c(o2)CCN(C(=O)C2CC2)C3)cc1. The summed E-state index contributed by atoms with van der Waals surface area (Å²) in [5.74, 6) is 2.43. The van der Waals surface area contributed by atoms with Gasteiger partial charge in [-0.05, 0) is 49.6 Å². The Morgan fingerprint density at radius 2 is 2.00 bits per heavy atom. The molecule has 1 N–H and O–H groups in total. The Labute approximate surface area is 159 Å². The third kappa shape index (κ3) is 4.07. The summed E-state index contributed by atoms with van der Waals surface area (Å²) in [6, 6.07) is 9.80. The summed E-state index contributed by atoms with van der Waals surface area (Å²) in [6.07, 6.45) is 5.33. The van der Waals surface area contributed by atoms with Crippen molar-refractivity contribution in [2.24, 2.45) is 5.92 Å². The highest BCUT2D eigenvalue weighted by atomic mass is 16.3. The molecule has 2 aromatic rings. The number of nitrogens with one attached hydrogen (secondary N) is 1. The van der Waals surface area contributed by atoms with Crippen LogP contribution in [0, 0.1) is 5.92 Å². The van der Waals surface area contributed by atoms with Crippen LogP contribution in [0.4, 0.5) is 5.69 Å². The molecule has 2 amide bonds. The molecular weight excluding hydrogens is 340 g/mol. The molecule has 0 unspecified atom stereocenters. The predicted molar refractivity (Wildman–Crippen MR) is 104 cm³/mol. The monoisotopic (exact) mass is 366 g/mol. The van der Waals surface area contributed by atoms with E-state index in [1.54, 1.807) is 0 Å². The lowest BCUT2D eigenvalue weighted by molar-refractivity contribution is -0.133. The fraction of sp³-hybridized carbons (Fsp3) is 0.455. The van der Waals surface area contributed by atoms with E-state index in [0.717, 1.165) is 67.0 Å². The van der Waals surface area contributed by atoms with Gasteiger partial charge in [0.25, 0.3) is 0 Å². The lowest BCUT2D eigenvalue weighted by Crippen LogP contribution is -2.36. The van der Waals surface area contributed by atoms with E-state index in [2.05, 4.69) is 18.3 Å². The second-order valence-corrected chi connectivity index (χ2v) is 7.57. The number of carbonyl (C=O) groups excluding carboxylic acids is 2. The van der Waals surface area contributed by atoms with Gasteiger partial charge in [-0.15, -0.1) is 0 Å². The summed E-state index contributed by atoms with van der Waals surface area (Å²) < 4.78 is 6.05. The van der Waals surface area contributed by atoms with Crippen molar-refractivity contribution in [3.8, 4) is 11.3 Å². The van der Waals surface area contributed by atoms with E-state index in [4.69, 9.17) is 4.42 Å². The number of benzene rings is 1. The molecule has 4 rings (SSSR count). The Balaban J connectivity index is 1.42. The number of hydrogen-bond acceptors (Lipinski definition) is 3. The molecule has 1 aromatic heterocycles. The molecule has 1 fully saturated rings. The molecule has 2 heterocycles. The molecule has 1 aromatic carbocycles. The van der Waals surface area contributed by atoms with Crippen LogP contribution in [0.2, 0.25) is 0 Å². The Kier molecular flexibility index (Phi) is 5.01. The van der Waals surface area contributed by atoms with Crippen molar-refractivity contribution in [2.45, 2.75) is 52.0 Å². The van der Waals surface area contributed by atoms with Crippen LogP contribution in [-0.2, 0) is 22.6 Å². The van der Waals surface area contributed by atoms with Gasteiger partial charge >= 0.3 is 0 Å². The third-order valence-electron chi connectivity index (χ3n) is 5.32. The minimum absolute atomic E-state index is 0.0542. The van der Waals surface area contributed by atoms with Gasteiger partial charge in [0.15, 0.2) is 0 Å². The first-order valence-electron chi connectivity index (χ1n) is 9.94. The smallest absolute Gasteiger partial charge is 0.225 e. The molecule has 0 atom stereocenters. The van der Waals surface area contributed by atoms with Crippen LogP contribution >= 0.6 is 0 Å². The second-order valence-electron chi connectivity index (χ2n) is 7.57. The maximum absolute atomic E-state index is 12.3. The molecule has 1 saturated carbocycles. The molecular formula is C22H26N2O3. The highest BCUT2D eigenvalue weighted by molar-refractivity contribution is 5.90. The van der Waals surface area contributed by atoms with Crippen molar-refractivity contribution in [1.29, 1.82) is 0 Å². The van der Waals surface area contributed by atoms with Crippen LogP contribution in [0.5, 0.6) is 0 Å². The topological polar surface area (TPSA) is 62.6 Å². The van der Waals surface area contributed by atoms with Crippen molar-refractivity contribution in [2.75, 3.05) is 11.9 Å². The van der Waals surface area contributed by atoms with Gasteiger partial charge in [-0.25, -0.2) is 0 Å². The van der Waals surface area contributed by atoms with Crippen LogP contribution < -0.4 is 5.32 Å². The number of furan rings is 1. The summed E-state index contributed by atoms with van der Waals surface area (Å²) >= 11 is 0. The molecule has 0 radical (unpaired) electrons. The fourth-order valence-corrected chi connectivity index (χ4v) is 3.53. The van der Waals surface area contributed by atoms with Gasteiger partial charge in [-0.1, -0.05) is 13.3 Å². The van der Waals surface area contributed by atoms with E-state index in [-0.39, 0.29) is 11.8 Å². The molecule has 142 valence electrons. The Hall–Kier alpha value is -2.56. The summed E-state index contributed by atoms with van der Waals surface area (Å²) in [5.41, 5.74) is 2.90. The minimum atomic E-state index is 0.0542. The molecule has 5 nitrogen and oxygen atoms in total. The first-order chi connectivity index (χ1) is 13.1. The van der Waals surface area contributed by atoms with E-state index in [9.17, 15) is 9.59 Å². The number of carbonyl (C=O) groups is 2. The van der Waals surface area contributed by atoms with Crippen molar-refractivity contribution in [3.63, 3.8) is 0 Å². The van der Waals surface area contributed by atoms with Crippen LogP contribution in [-0.4, -0.2) is 23.3 Å². The van der Waals surface area contributed by atoms with Crippen molar-refractivity contribution >= 4 is 17.5 Å². The highest BCUT2D eigenvalue weighted by Crippen LogP contribution is 2.35. The molecule has 27 heavy (non-hydrogen) atoms. The predicted octanol–water partition coefficient (Wildman–Crippen LogP) is 4.37. The van der Waals surface area contributed by atoms with Gasteiger partial charge in [0, 0.05) is 48.7 Å². The van der Waals surface area contributed by atoms with E-state index in [0.29, 0.717) is 18.9 Å².